The molecular formula is C17H15ClFNO3. The number of nitrogens with one attached hydrogen (secondary N) is 1. The van der Waals surface area contributed by atoms with Crippen LogP contribution in [0, 0.1) is 5.82 Å². The highest BCUT2D eigenvalue weighted by Gasteiger charge is 2.09. The Kier molecular flexibility index (Phi) is 5.60. The van der Waals surface area contributed by atoms with Crippen molar-refractivity contribution in [1.29, 1.82) is 0 Å². The Hall–Kier alpha value is -2.53. The van der Waals surface area contributed by atoms with Crippen LogP contribution in [0.5, 0.6) is 11.5 Å². The van der Waals surface area contributed by atoms with Gasteiger partial charge < -0.3 is 14.8 Å². The number of hydrogen-bond donors (Lipinski definition) is 1. The van der Waals surface area contributed by atoms with E-state index < -0.39 is 11.7 Å². The standard InChI is InChI=1S/C17H15ClFNO3/c1-3-17(21)20-12-4-7-16(15(19)9-12)23-10-11-8-13(22-2)5-6-14(11)18/h3-9H,1,10H2,2H3,(H,20,21). The van der Waals surface area contributed by atoms with Crippen LogP contribution in [-0.4, -0.2) is 13.0 Å². The van der Waals surface area contributed by atoms with Gasteiger partial charge in [-0.2, -0.15) is 0 Å². The Morgan fingerprint density at radius 1 is 1.35 bits per heavy atom. The van der Waals surface area contributed by atoms with E-state index in [0.717, 1.165) is 6.08 Å². The van der Waals surface area contributed by atoms with Crippen LogP contribution in [0.2, 0.25) is 5.02 Å². The fourth-order valence-electron chi connectivity index (χ4n) is 1.83. The Balaban J connectivity index is 2.09. The van der Waals surface area contributed by atoms with Crippen LogP contribution < -0.4 is 14.8 Å². The van der Waals surface area contributed by atoms with Gasteiger partial charge in [-0.3, -0.25) is 4.79 Å². The summed E-state index contributed by atoms with van der Waals surface area (Å²) in [6, 6.07) is 9.27. The molecule has 0 radical (unpaired) electrons. The largest absolute Gasteiger partial charge is 0.497 e. The van der Waals surface area contributed by atoms with Gasteiger partial charge in [0.25, 0.3) is 0 Å². The maximum absolute atomic E-state index is 14.0. The van der Waals surface area contributed by atoms with E-state index in [-0.39, 0.29) is 12.4 Å². The van der Waals surface area contributed by atoms with Crippen molar-refractivity contribution in [3.63, 3.8) is 0 Å². The van der Waals surface area contributed by atoms with Gasteiger partial charge >= 0.3 is 0 Å². The average molecular weight is 336 g/mol. The molecule has 0 spiro atoms. The summed E-state index contributed by atoms with van der Waals surface area (Å²) in [6.45, 7) is 3.42. The molecular weight excluding hydrogens is 321 g/mol. The van der Waals surface area contributed by atoms with Gasteiger partial charge in [0.05, 0.1) is 7.11 Å². The van der Waals surface area contributed by atoms with Gasteiger partial charge in [-0.15, -0.1) is 0 Å². The highest BCUT2D eigenvalue weighted by atomic mass is 35.5. The molecule has 0 heterocycles. The summed E-state index contributed by atoms with van der Waals surface area (Å²) in [4.78, 5) is 11.2. The first kappa shape index (κ1) is 16.8. The van der Waals surface area contributed by atoms with Crippen molar-refractivity contribution in [1.82, 2.24) is 0 Å². The second-order valence-electron chi connectivity index (χ2n) is 4.58. The fourth-order valence-corrected chi connectivity index (χ4v) is 2.01. The lowest BCUT2D eigenvalue weighted by molar-refractivity contribution is -0.111. The highest BCUT2D eigenvalue weighted by Crippen LogP contribution is 2.26. The molecule has 6 heteroatoms. The van der Waals surface area contributed by atoms with E-state index in [4.69, 9.17) is 21.1 Å². The zero-order valence-electron chi connectivity index (χ0n) is 12.4. The molecule has 1 amide bonds. The molecule has 0 saturated carbocycles. The molecule has 1 N–H and O–H groups in total. The lowest BCUT2D eigenvalue weighted by Crippen LogP contribution is -2.07. The molecule has 0 atom stereocenters. The van der Waals surface area contributed by atoms with Crippen molar-refractivity contribution in [2.45, 2.75) is 6.61 Å². The predicted molar refractivity (Wildman–Crippen MR) is 87.6 cm³/mol. The molecule has 0 fully saturated rings. The number of methoxy groups -OCH3 is 1. The number of rotatable bonds is 6. The number of hydrogen-bond acceptors (Lipinski definition) is 3. The molecule has 0 aliphatic carbocycles. The Labute approximate surface area is 138 Å². The maximum Gasteiger partial charge on any atom is 0.247 e. The minimum atomic E-state index is -0.592. The molecule has 120 valence electrons. The Morgan fingerprint density at radius 3 is 2.78 bits per heavy atom. The minimum absolute atomic E-state index is 0.0560. The number of anilines is 1. The molecule has 0 saturated heterocycles. The summed E-state index contributed by atoms with van der Waals surface area (Å²) < 4.78 is 24.5. The molecule has 0 bridgehead atoms. The minimum Gasteiger partial charge on any atom is -0.497 e. The molecule has 2 rings (SSSR count). The smallest absolute Gasteiger partial charge is 0.247 e. The molecule has 23 heavy (non-hydrogen) atoms. The maximum atomic E-state index is 14.0. The van der Waals surface area contributed by atoms with E-state index in [1.165, 1.54) is 18.2 Å². The van der Waals surface area contributed by atoms with Crippen molar-refractivity contribution >= 4 is 23.2 Å². The number of carbonyl (C=O) groups excluding carboxylic acids is 1. The first-order chi connectivity index (χ1) is 11.0. The zero-order chi connectivity index (χ0) is 16.8. The van der Waals surface area contributed by atoms with Gasteiger partial charge in [0.1, 0.15) is 12.4 Å². The third-order valence-corrected chi connectivity index (χ3v) is 3.39. The third-order valence-electron chi connectivity index (χ3n) is 3.02. The molecule has 2 aromatic rings. The van der Waals surface area contributed by atoms with Crippen LogP contribution in [0.4, 0.5) is 10.1 Å². The fraction of sp³-hybridized carbons (Fsp3) is 0.118. The monoisotopic (exact) mass is 335 g/mol. The highest BCUT2D eigenvalue weighted by molar-refractivity contribution is 6.31. The second-order valence-corrected chi connectivity index (χ2v) is 4.99. The quantitative estimate of drug-likeness (QED) is 0.805. The summed E-state index contributed by atoms with van der Waals surface area (Å²) >= 11 is 6.07. The van der Waals surface area contributed by atoms with E-state index >= 15 is 0 Å². The average Bonchev–Trinajstić information content (AvgIpc) is 2.55. The molecule has 4 nitrogen and oxygen atoms in total. The van der Waals surface area contributed by atoms with Crippen LogP contribution in [-0.2, 0) is 11.4 Å². The molecule has 0 aromatic heterocycles. The first-order valence-corrected chi connectivity index (χ1v) is 7.09. The van der Waals surface area contributed by atoms with E-state index in [1.54, 1.807) is 25.3 Å². The number of amides is 1. The van der Waals surface area contributed by atoms with E-state index in [2.05, 4.69) is 11.9 Å². The molecule has 0 aliphatic rings. The van der Waals surface area contributed by atoms with E-state index in [0.29, 0.717) is 22.0 Å². The van der Waals surface area contributed by atoms with Gasteiger partial charge in [-0.1, -0.05) is 18.2 Å². The van der Waals surface area contributed by atoms with Crippen LogP contribution in [0.3, 0.4) is 0 Å². The number of halogens is 2. The van der Waals surface area contributed by atoms with Crippen molar-refractivity contribution in [2.24, 2.45) is 0 Å². The Morgan fingerprint density at radius 2 is 2.13 bits per heavy atom. The SMILES string of the molecule is C=CC(=O)Nc1ccc(OCc2cc(OC)ccc2Cl)c(F)c1. The van der Waals surface area contributed by atoms with E-state index in [9.17, 15) is 9.18 Å². The van der Waals surface area contributed by atoms with Crippen molar-refractivity contribution in [3.05, 3.63) is 65.5 Å². The van der Waals surface area contributed by atoms with Gasteiger partial charge in [0.15, 0.2) is 11.6 Å². The van der Waals surface area contributed by atoms with E-state index in [1.807, 2.05) is 0 Å². The molecule has 0 aliphatic heterocycles. The summed E-state index contributed by atoms with van der Waals surface area (Å²) in [6.07, 6.45) is 1.10. The van der Waals surface area contributed by atoms with Gasteiger partial charge in [0.2, 0.25) is 5.91 Å². The summed E-state index contributed by atoms with van der Waals surface area (Å²) in [5, 5.41) is 2.97. The summed E-state index contributed by atoms with van der Waals surface area (Å²) in [7, 11) is 1.55. The second kappa shape index (κ2) is 7.65. The third kappa shape index (κ3) is 4.47. The van der Waals surface area contributed by atoms with Crippen LogP contribution in [0.25, 0.3) is 0 Å². The zero-order valence-corrected chi connectivity index (χ0v) is 13.2. The van der Waals surface area contributed by atoms with Gasteiger partial charge in [0, 0.05) is 22.3 Å². The number of benzene rings is 2. The van der Waals surface area contributed by atoms with Crippen LogP contribution in [0.15, 0.2) is 49.1 Å². The normalized spacial score (nSPS) is 10.0. The van der Waals surface area contributed by atoms with Gasteiger partial charge in [-0.05, 0) is 36.4 Å². The van der Waals surface area contributed by atoms with Crippen molar-refractivity contribution in [2.75, 3.05) is 12.4 Å². The predicted octanol–water partition coefficient (Wildman–Crippen LogP) is 4.19. The lowest BCUT2D eigenvalue weighted by Gasteiger charge is -2.11. The van der Waals surface area contributed by atoms with Gasteiger partial charge in [-0.25, -0.2) is 4.39 Å². The van der Waals surface area contributed by atoms with Crippen LogP contribution in [0.1, 0.15) is 5.56 Å². The molecule has 2 aromatic carbocycles. The molecule has 0 unspecified atom stereocenters. The first-order valence-electron chi connectivity index (χ1n) is 6.71. The summed E-state index contributed by atoms with van der Waals surface area (Å²) in [5.74, 6) is -0.316. The lowest BCUT2D eigenvalue weighted by atomic mass is 10.2. The Bertz CT molecular complexity index is 734. The summed E-state index contributed by atoms with van der Waals surface area (Å²) in [5.41, 5.74) is 0.994. The number of ether oxygens (including phenoxy) is 2. The van der Waals surface area contributed by atoms with Crippen molar-refractivity contribution in [3.8, 4) is 11.5 Å². The topological polar surface area (TPSA) is 47.6 Å². The van der Waals surface area contributed by atoms with Crippen LogP contribution >= 0.6 is 11.6 Å². The number of carbonyl (C=O) groups is 1. The van der Waals surface area contributed by atoms with Crippen molar-refractivity contribution < 1.29 is 18.7 Å².